The van der Waals surface area contributed by atoms with Crippen LogP contribution in [-0.4, -0.2) is 35.0 Å². The number of nitrogens with zero attached hydrogens (tertiary/aromatic N) is 1. The number of hydrogen-bond acceptors (Lipinski definition) is 6. The van der Waals surface area contributed by atoms with E-state index in [4.69, 9.17) is 9.47 Å². The molecule has 2 N–H and O–H groups in total. The van der Waals surface area contributed by atoms with Crippen molar-refractivity contribution in [2.75, 3.05) is 12.4 Å². The van der Waals surface area contributed by atoms with Gasteiger partial charge in [-0.3, -0.25) is 14.9 Å². The summed E-state index contributed by atoms with van der Waals surface area (Å²) in [7, 11) is 1.39. The molecule has 0 fully saturated rings. The number of nitro benzene ring substituents is 1. The van der Waals surface area contributed by atoms with Gasteiger partial charge in [-0.25, -0.2) is 4.79 Å². The second-order valence-corrected chi connectivity index (χ2v) is 7.73. The Labute approximate surface area is 183 Å². The second-order valence-electron chi connectivity index (χ2n) is 7.73. The van der Waals surface area contributed by atoms with Gasteiger partial charge in [0.05, 0.1) is 23.3 Å². The number of amides is 1. The molecule has 1 aliphatic carbocycles. The van der Waals surface area contributed by atoms with E-state index in [2.05, 4.69) is 10.3 Å². The Morgan fingerprint density at radius 2 is 1.94 bits per heavy atom. The fourth-order valence-electron chi connectivity index (χ4n) is 3.96. The zero-order valence-corrected chi connectivity index (χ0v) is 17.8. The average molecular weight is 437 g/mol. The van der Waals surface area contributed by atoms with E-state index < -0.39 is 22.9 Å². The number of aromatic nitrogens is 1. The Kier molecular flexibility index (Phi) is 5.81. The van der Waals surface area contributed by atoms with Crippen molar-refractivity contribution in [2.24, 2.45) is 0 Å². The van der Waals surface area contributed by atoms with Crippen molar-refractivity contribution in [2.45, 2.75) is 38.7 Å². The smallest absolute Gasteiger partial charge is 0.338 e. The number of ether oxygens (including phenoxy) is 2. The number of carbonyl (C=O) groups is 2. The molecule has 1 aromatic heterocycles. The minimum absolute atomic E-state index is 0.120. The van der Waals surface area contributed by atoms with Gasteiger partial charge in [0.25, 0.3) is 11.6 Å². The standard InChI is InChI=1S/C23H23N3O6/c1-13(22(27)25-20-12-15(26(29)30)8-10-21(20)31-2)32-23(28)14-7-9-19-17(11-14)16-5-3-4-6-18(16)24-19/h7-13,24H,3-6H2,1-2H3,(H,25,27). The summed E-state index contributed by atoms with van der Waals surface area (Å²) in [5.41, 5.74) is 3.72. The summed E-state index contributed by atoms with van der Waals surface area (Å²) >= 11 is 0. The predicted molar refractivity (Wildman–Crippen MR) is 118 cm³/mol. The molecule has 1 unspecified atom stereocenters. The Morgan fingerprint density at radius 3 is 2.69 bits per heavy atom. The molecule has 0 radical (unpaired) electrons. The zero-order valence-electron chi connectivity index (χ0n) is 17.8. The molecule has 1 amide bonds. The zero-order chi connectivity index (χ0) is 22.8. The number of non-ortho nitro benzene ring substituents is 1. The van der Waals surface area contributed by atoms with Gasteiger partial charge in [-0.1, -0.05) is 0 Å². The molecule has 9 nitrogen and oxygen atoms in total. The topological polar surface area (TPSA) is 124 Å². The monoisotopic (exact) mass is 437 g/mol. The van der Waals surface area contributed by atoms with Crippen LogP contribution >= 0.6 is 0 Å². The number of aromatic amines is 1. The summed E-state index contributed by atoms with van der Waals surface area (Å²) < 4.78 is 10.5. The van der Waals surface area contributed by atoms with Crippen LogP contribution in [0.2, 0.25) is 0 Å². The Balaban J connectivity index is 1.48. The second kappa shape index (κ2) is 8.70. The average Bonchev–Trinajstić information content (AvgIpc) is 3.16. The third kappa shape index (κ3) is 4.14. The number of aryl methyl sites for hydroxylation is 2. The number of esters is 1. The van der Waals surface area contributed by atoms with E-state index in [0.717, 1.165) is 36.6 Å². The van der Waals surface area contributed by atoms with E-state index in [1.54, 1.807) is 12.1 Å². The van der Waals surface area contributed by atoms with Gasteiger partial charge in [-0.15, -0.1) is 0 Å². The normalized spacial score (nSPS) is 13.8. The third-order valence-electron chi connectivity index (χ3n) is 5.64. The first-order valence-electron chi connectivity index (χ1n) is 10.3. The van der Waals surface area contributed by atoms with Gasteiger partial charge < -0.3 is 19.8 Å². The molecule has 0 saturated heterocycles. The number of anilines is 1. The fraction of sp³-hybridized carbons (Fsp3) is 0.304. The lowest BCUT2D eigenvalue weighted by molar-refractivity contribution is -0.384. The van der Waals surface area contributed by atoms with Gasteiger partial charge in [-0.2, -0.15) is 0 Å². The number of methoxy groups -OCH3 is 1. The van der Waals surface area contributed by atoms with Gasteiger partial charge in [-0.05, 0) is 62.4 Å². The Bertz CT molecular complexity index is 1220. The highest BCUT2D eigenvalue weighted by molar-refractivity contribution is 6.00. The van der Waals surface area contributed by atoms with E-state index in [1.807, 2.05) is 6.07 Å². The maximum Gasteiger partial charge on any atom is 0.338 e. The van der Waals surface area contributed by atoms with E-state index in [0.29, 0.717) is 5.56 Å². The van der Waals surface area contributed by atoms with Crippen LogP contribution in [0.5, 0.6) is 5.75 Å². The molecule has 3 aromatic rings. The molecule has 0 bridgehead atoms. The van der Waals surface area contributed by atoms with Crippen molar-refractivity contribution in [1.29, 1.82) is 0 Å². The molecular weight excluding hydrogens is 414 g/mol. The quantitative estimate of drug-likeness (QED) is 0.339. The van der Waals surface area contributed by atoms with Gasteiger partial charge in [0.1, 0.15) is 5.75 Å². The number of nitro groups is 1. The third-order valence-corrected chi connectivity index (χ3v) is 5.64. The van der Waals surface area contributed by atoms with Crippen LogP contribution in [0.1, 0.15) is 41.4 Å². The van der Waals surface area contributed by atoms with Crippen molar-refractivity contribution >= 4 is 34.2 Å². The van der Waals surface area contributed by atoms with Crippen LogP contribution in [0.25, 0.3) is 10.9 Å². The summed E-state index contributed by atoms with van der Waals surface area (Å²) in [6, 6.07) is 9.16. The molecule has 9 heteroatoms. The van der Waals surface area contributed by atoms with Crippen molar-refractivity contribution in [3.8, 4) is 5.75 Å². The summed E-state index contributed by atoms with van der Waals surface area (Å²) in [4.78, 5) is 39.1. The summed E-state index contributed by atoms with van der Waals surface area (Å²) in [5.74, 6) is -0.992. The molecule has 0 aliphatic heterocycles. The van der Waals surface area contributed by atoms with Gasteiger partial charge in [0.15, 0.2) is 6.10 Å². The molecule has 0 spiro atoms. The van der Waals surface area contributed by atoms with Gasteiger partial charge in [0.2, 0.25) is 0 Å². The van der Waals surface area contributed by atoms with Crippen LogP contribution in [0.3, 0.4) is 0 Å². The Hall–Kier alpha value is -3.88. The van der Waals surface area contributed by atoms with Crippen molar-refractivity contribution < 1.29 is 24.0 Å². The van der Waals surface area contributed by atoms with Crippen molar-refractivity contribution in [1.82, 2.24) is 4.98 Å². The van der Waals surface area contributed by atoms with Gasteiger partial charge in [0, 0.05) is 28.7 Å². The molecule has 32 heavy (non-hydrogen) atoms. The number of hydrogen-bond donors (Lipinski definition) is 2. The molecule has 0 saturated carbocycles. The number of fused-ring (bicyclic) bond motifs is 3. The number of H-pyrrole nitrogens is 1. The molecule has 1 aliphatic rings. The van der Waals surface area contributed by atoms with E-state index in [9.17, 15) is 19.7 Å². The maximum absolute atomic E-state index is 12.7. The Morgan fingerprint density at radius 1 is 1.16 bits per heavy atom. The summed E-state index contributed by atoms with van der Waals surface area (Å²) in [6.45, 7) is 1.44. The predicted octanol–water partition coefficient (Wildman–Crippen LogP) is 4.15. The summed E-state index contributed by atoms with van der Waals surface area (Å²) in [5, 5.41) is 14.6. The van der Waals surface area contributed by atoms with Crippen LogP contribution < -0.4 is 10.1 Å². The first-order chi connectivity index (χ1) is 15.4. The minimum atomic E-state index is -1.12. The lowest BCUT2D eigenvalue weighted by Crippen LogP contribution is -2.30. The highest BCUT2D eigenvalue weighted by Crippen LogP contribution is 2.31. The molecule has 1 heterocycles. The molecule has 2 aromatic carbocycles. The molecule has 1 atom stereocenters. The fourth-order valence-corrected chi connectivity index (χ4v) is 3.96. The lowest BCUT2D eigenvalue weighted by atomic mass is 9.95. The van der Waals surface area contributed by atoms with E-state index in [-0.39, 0.29) is 17.1 Å². The summed E-state index contributed by atoms with van der Waals surface area (Å²) in [6.07, 6.45) is 3.12. The van der Waals surface area contributed by atoms with E-state index >= 15 is 0 Å². The minimum Gasteiger partial charge on any atom is -0.495 e. The number of carbonyl (C=O) groups excluding carboxylic acids is 2. The first-order valence-corrected chi connectivity index (χ1v) is 10.3. The SMILES string of the molecule is COc1ccc([N+](=O)[O-])cc1NC(=O)C(C)OC(=O)c1ccc2[nH]c3c(c2c1)CCCC3. The van der Waals surface area contributed by atoms with Crippen LogP contribution in [0.15, 0.2) is 36.4 Å². The first kappa shape index (κ1) is 21.4. The van der Waals surface area contributed by atoms with Crippen molar-refractivity contribution in [3.63, 3.8) is 0 Å². The maximum atomic E-state index is 12.7. The largest absolute Gasteiger partial charge is 0.495 e. The van der Waals surface area contributed by atoms with Gasteiger partial charge >= 0.3 is 5.97 Å². The van der Waals surface area contributed by atoms with Crippen molar-refractivity contribution in [3.05, 3.63) is 63.3 Å². The number of nitrogens with one attached hydrogen (secondary N) is 2. The highest BCUT2D eigenvalue weighted by atomic mass is 16.6. The molecule has 4 rings (SSSR count). The van der Waals surface area contributed by atoms with Crippen LogP contribution in [0.4, 0.5) is 11.4 Å². The number of benzene rings is 2. The van der Waals surface area contributed by atoms with Crippen LogP contribution in [-0.2, 0) is 22.4 Å². The lowest BCUT2D eigenvalue weighted by Gasteiger charge is -2.15. The van der Waals surface area contributed by atoms with E-state index in [1.165, 1.54) is 43.5 Å². The molecular formula is C23H23N3O6. The molecule has 166 valence electrons. The van der Waals surface area contributed by atoms with Crippen LogP contribution in [0, 0.1) is 10.1 Å². The number of rotatable bonds is 6. The highest BCUT2D eigenvalue weighted by Gasteiger charge is 2.23.